The molecule has 1 aliphatic rings. The Hall–Kier alpha value is -1.35. The van der Waals surface area contributed by atoms with E-state index >= 15 is 0 Å². The molecule has 0 atom stereocenters. The number of rotatable bonds is 1. The molecule has 0 radical (unpaired) electrons. The average molecular weight is 175 g/mol. The number of hydrogen-bond acceptors (Lipinski definition) is 3. The second kappa shape index (κ2) is 2.12. The molecule has 0 aliphatic heterocycles. The van der Waals surface area contributed by atoms with Crippen molar-refractivity contribution in [1.29, 1.82) is 0 Å². The van der Waals surface area contributed by atoms with Gasteiger partial charge in [0, 0.05) is 11.6 Å². The maximum Gasteiger partial charge on any atom is 0.226 e. The molecule has 1 fully saturated rings. The van der Waals surface area contributed by atoms with E-state index in [0.717, 1.165) is 18.2 Å². The van der Waals surface area contributed by atoms with Gasteiger partial charge in [0.25, 0.3) is 0 Å². The lowest BCUT2D eigenvalue weighted by Crippen LogP contribution is -2.00. The SMILES string of the molecule is OC1(c2cc3cccnc3o2)CC1. The van der Waals surface area contributed by atoms with E-state index in [2.05, 4.69) is 4.98 Å². The summed E-state index contributed by atoms with van der Waals surface area (Å²) in [5.74, 6) is 0.654. The summed E-state index contributed by atoms with van der Waals surface area (Å²) in [6.45, 7) is 0. The van der Waals surface area contributed by atoms with Gasteiger partial charge in [0.1, 0.15) is 11.4 Å². The van der Waals surface area contributed by atoms with Crippen LogP contribution in [-0.2, 0) is 5.60 Å². The Labute approximate surface area is 75.0 Å². The highest BCUT2D eigenvalue weighted by molar-refractivity contribution is 5.74. The van der Waals surface area contributed by atoms with Crippen molar-refractivity contribution in [1.82, 2.24) is 4.98 Å². The summed E-state index contributed by atoms with van der Waals surface area (Å²) in [6, 6.07) is 5.66. The Morgan fingerprint density at radius 2 is 2.31 bits per heavy atom. The van der Waals surface area contributed by atoms with Crippen molar-refractivity contribution in [2.24, 2.45) is 0 Å². The summed E-state index contributed by atoms with van der Waals surface area (Å²) in [5, 5.41) is 10.7. The molecule has 1 saturated carbocycles. The summed E-state index contributed by atoms with van der Waals surface area (Å²) in [7, 11) is 0. The van der Waals surface area contributed by atoms with Crippen molar-refractivity contribution >= 4 is 11.1 Å². The van der Waals surface area contributed by atoms with Crippen molar-refractivity contribution in [2.75, 3.05) is 0 Å². The van der Waals surface area contributed by atoms with Crippen LogP contribution in [0.15, 0.2) is 28.8 Å². The highest BCUT2D eigenvalue weighted by Crippen LogP contribution is 2.46. The number of hydrogen-bond donors (Lipinski definition) is 1. The van der Waals surface area contributed by atoms with Gasteiger partial charge >= 0.3 is 0 Å². The number of pyridine rings is 1. The Morgan fingerprint density at radius 3 is 3.00 bits per heavy atom. The minimum Gasteiger partial charge on any atom is -0.440 e. The minimum absolute atomic E-state index is 0.609. The quantitative estimate of drug-likeness (QED) is 0.718. The molecule has 1 N–H and O–H groups in total. The van der Waals surface area contributed by atoms with Crippen molar-refractivity contribution < 1.29 is 9.52 Å². The number of fused-ring (bicyclic) bond motifs is 1. The fourth-order valence-corrected chi connectivity index (χ4v) is 1.47. The van der Waals surface area contributed by atoms with Crippen molar-refractivity contribution in [2.45, 2.75) is 18.4 Å². The van der Waals surface area contributed by atoms with Gasteiger partial charge in [0.15, 0.2) is 0 Å². The van der Waals surface area contributed by atoms with Gasteiger partial charge in [-0.15, -0.1) is 0 Å². The molecule has 2 aromatic heterocycles. The molecular weight excluding hydrogens is 166 g/mol. The standard InChI is InChI=1S/C10H9NO2/c12-10(3-4-10)8-6-7-2-1-5-11-9(7)13-8/h1-2,5-6,12H,3-4H2. The molecule has 3 nitrogen and oxygen atoms in total. The highest BCUT2D eigenvalue weighted by atomic mass is 16.4. The zero-order chi connectivity index (χ0) is 8.89. The molecule has 13 heavy (non-hydrogen) atoms. The van der Waals surface area contributed by atoms with Crippen molar-refractivity contribution in [3.63, 3.8) is 0 Å². The molecule has 0 unspecified atom stereocenters. The van der Waals surface area contributed by atoms with Crippen LogP contribution in [0.1, 0.15) is 18.6 Å². The summed E-state index contributed by atoms with van der Waals surface area (Å²) >= 11 is 0. The average Bonchev–Trinajstić information content (AvgIpc) is 2.76. The van der Waals surface area contributed by atoms with Crippen LogP contribution in [0.3, 0.4) is 0 Å². The van der Waals surface area contributed by atoms with Gasteiger partial charge < -0.3 is 9.52 Å². The Morgan fingerprint density at radius 1 is 1.46 bits per heavy atom. The third-order valence-corrected chi connectivity index (χ3v) is 2.48. The summed E-state index contributed by atoms with van der Waals surface area (Å²) in [5.41, 5.74) is -0.0847. The molecule has 0 bridgehead atoms. The number of nitrogens with zero attached hydrogens (tertiary/aromatic N) is 1. The van der Waals surface area contributed by atoms with Gasteiger partial charge in [-0.05, 0) is 31.0 Å². The maximum atomic E-state index is 9.78. The van der Waals surface area contributed by atoms with E-state index in [1.54, 1.807) is 6.20 Å². The van der Waals surface area contributed by atoms with Crippen LogP contribution in [-0.4, -0.2) is 10.1 Å². The van der Waals surface area contributed by atoms with E-state index < -0.39 is 5.60 Å². The van der Waals surface area contributed by atoms with E-state index in [0.29, 0.717) is 11.5 Å². The first-order valence-corrected chi connectivity index (χ1v) is 4.35. The summed E-state index contributed by atoms with van der Waals surface area (Å²) in [6.07, 6.45) is 3.28. The molecular formula is C10H9NO2. The lowest BCUT2D eigenvalue weighted by molar-refractivity contribution is 0.125. The largest absolute Gasteiger partial charge is 0.440 e. The number of aliphatic hydroxyl groups is 1. The van der Waals surface area contributed by atoms with Crippen LogP contribution in [0.2, 0.25) is 0 Å². The zero-order valence-corrected chi connectivity index (χ0v) is 7.03. The molecule has 1 aliphatic carbocycles. The first-order valence-electron chi connectivity index (χ1n) is 4.35. The second-order valence-electron chi connectivity index (χ2n) is 3.54. The van der Waals surface area contributed by atoms with Crippen LogP contribution in [0.4, 0.5) is 0 Å². The second-order valence-corrected chi connectivity index (χ2v) is 3.54. The Balaban J connectivity index is 2.22. The summed E-state index contributed by atoms with van der Waals surface area (Å²) in [4.78, 5) is 4.07. The summed E-state index contributed by atoms with van der Waals surface area (Å²) < 4.78 is 5.43. The molecule has 0 saturated heterocycles. The topological polar surface area (TPSA) is 46.3 Å². The fourth-order valence-electron chi connectivity index (χ4n) is 1.47. The van der Waals surface area contributed by atoms with E-state index in [-0.39, 0.29) is 0 Å². The molecule has 2 heterocycles. The van der Waals surface area contributed by atoms with E-state index in [4.69, 9.17) is 4.42 Å². The van der Waals surface area contributed by atoms with Gasteiger partial charge in [-0.3, -0.25) is 0 Å². The predicted octanol–water partition coefficient (Wildman–Crippen LogP) is 1.81. The lowest BCUT2D eigenvalue weighted by atomic mass is 10.2. The van der Waals surface area contributed by atoms with E-state index in [1.165, 1.54) is 0 Å². The molecule has 0 aromatic carbocycles. The van der Waals surface area contributed by atoms with Crippen molar-refractivity contribution in [3.05, 3.63) is 30.2 Å². The fraction of sp³-hybridized carbons (Fsp3) is 0.300. The molecule has 2 aromatic rings. The van der Waals surface area contributed by atoms with Crippen molar-refractivity contribution in [3.8, 4) is 0 Å². The smallest absolute Gasteiger partial charge is 0.226 e. The number of aromatic nitrogens is 1. The molecule has 3 heteroatoms. The Bertz CT molecular complexity index is 424. The van der Waals surface area contributed by atoms with Gasteiger partial charge in [-0.25, -0.2) is 4.98 Å². The third-order valence-electron chi connectivity index (χ3n) is 2.48. The molecule has 0 amide bonds. The monoisotopic (exact) mass is 175 g/mol. The van der Waals surface area contributed by atoms with E-state index in [1.807, 2.05) is 18.2 Å². The molecule has 0 spiro atoms. The predicted molar refractivity (Wildman–Crippen MR) is 47.1 cm³/mol. The van der Waals surface area contributed by atoms with Crippen LogP contribution < -0.4 is 0 Å². The Kier molecular flexibility index (Phi) is 1.15. The maximum absolute atomic E-state index is 9.78. The lowest BCUT2D eigenvalue weighted by Gasteiger charge is -1.99. The highest BCUT2D eigenvalue weighted by Gasteiger charge is 2.45. The van der Waals surface area contributed by atoms with Crippen LogP contribution in [0, 0.1) is 0 Å². The number of furan rings is 1. The van der Waals surface area contributed by atoms with Gasteiger partial charge in [-0.2, -0.15) is 0 Å². The first-order chi connectivity index (χ1) is 6.28. The third kappa shape index (κ3) is 0.971. The van der Waals surface area contributed by atoms with Gasteiger partial charge in [0.2, 0.25) is 5.71 Å². The zero-order valence-electron chi connectivity index (χ0n) is 7.03. The normalized spacial score (nSPS) is 19.2. The first kappa shape index (κ1) is 7.09. The van der Waals surface area contributed by atoms with E-state index in [9.17, 15) is 5.11 Å². The van der Waals surface area contributed by atoms with Gasteiger partial charge in [0.05, 0.1) is 0 Å². The minimum atomic E-state index is -0.694. The van der Waals surface area contributed by atoms with Gasteiger partial charge in [-0.1, -0.05) is 0 Å². The van der Waals surface area contributed by atoms with Crippen LogP contribution >= 0.6 is 0 Å². The van der Waals surface area contributed by atoms with Crippen LogP contribution in [0.5, 0.6) is 0 Å². The van der Waals surface area contributed by atoms with Crippen LogP contribution in [0.25, 0.3) is 11.1 Å². The molecule has 66 valence electrons. The molecule has 3 rings (SSSR count).